The lowest BCUT2D eigenvalue weighted by Gasteiger charge is -2.03. The third-order valence-corrected chi connectivity index (χ3v) is 8.52. The molecule has 1 nitrogen and oxygen atoms in total. The fourth-order valence-corrected chi connectivity index (χ4v) is 5.73. The van der Waals surface area contributed by atoms with Crippen LogP contribution in [-0.4, -0.2) is 26.0 Å². The van der Waals surface area contributed by atoms with Gasteiger partial charge >= 0.3 is 0 Å². The average Bonchev–Trinajstić information content (AvgIpc) is 2.99. The molecule has 0 rings (SSSR count). The summed E-state index contributed by atoms with van der Waals surface area (Å²) in [6, 6.07) is 0. The van der Waals surface area contributed by atoms with Gasteiger partial charge in [0.05, 0.1) is 0 Å². The SMILES string of the molecule is CCCCCCCC/C=C\CCCCCCCCCCCCCCCCCCC/C=C\CCCCCCCC.CN(C)C. The van der Waals surface area contributed by atoms with Gasteiger partial charge in [0.15, 0.2) is 0 Å². The fraction of sp³-hybridized carbons (Fsp3) is 0.905. The second-order valence-corrected chi connectivity index (χ2v) is 14.0. The Bertz CT molecular complexity index is 460. The molecule has 0 N–H and O–H groups in total. The monoisotopic (exact) mass is 604 g/mol. The smallest absolute Gasteiger partial charge is 0.0140 e. The van der Waals surface area contributed by atoms with Crippen molar-refractivity contribution in [3.63, 3.8) is 0 Å². The van der Waals surface area contributed by atoms with Crippen LogP contribution in [0.25, 0.3) is 0 Å². The van der Waals surface area contributed by atoms with Gasteiger partial charge in [0.25, 0.3) is 0 Å². The predicted molar refractivity (Wildman–Crippen MR) is 202 cm³/mol. The molecular weight excluding hydrogens is 518 g/mol. The van der Waals surface area contributed by atoms with E-state index in [0.717, 1.165) is 0 Å². The van der Waals surface area contributed by atoms with Crippen LogP contribution in [0, 0.1) is 0 Å². The summed E-state index contributed by atoms with van der Waals surface area (Å²) in [5.74, 6) is 0. The van der Waals surface area contributed by atoms with Gasteiger partial charge in [-0.25, -0.2) is 0 Å². The Kier molecular flexibility index (Phi) is 45.2. The van der Waals surface area contributed by atoms with Crippen LogP contribution in [0.4, 0.5) is 0 Å². The zero-order valence-electron chi connectivity index (χ0n) is 31.1. The van der Waals surface area contributed by atoms with Crippen molar-refractivity contribution in [3.05, 3.63) is 24.3 Å². The molecule has 0 saturated carbocycles. The molecule has 0 aromatic rings. The molecule has 0 unspecified atom stereocenters. The Morgan fingerprint density at radius 2 is 0.395 bits per heavy atom. The molecule has 0 heterocycles. The van der Waals surface area contributed by atoms with E-state index in [1.54, 1.807) is 0 Å². The van der Waals surface area contributed by atoms with E-state index >= 15 is 0 Å². The van der Waals surface area contributed by atoms with Crippen LogP contribution in [0.2, 0.25) is 0 Å². The normalized spacial score (nSPS) is 11.7. The number of hydrogen-bond donors (Lipinski definition) is 0. The molecule has 258 valence electrons. The highest BCUT2D eigenvalue weighted by Crippen LogP contribution is 2.15. The molecule has 0 aliphatic carbocycles. The van der Waals surface area contributed by atoms with Gasteiger partial charge in [-0.1, -0.05) is 199 Å². The maximum Gasteiger partial charge on any atom is -0.0140 e. The van der Waals surface area contributed by atoms with Crippen LogP contribution in [0.1, 0.15) is 226 Å². The van der Waals surface area contributed by atoms with Crippen molar-refractivity contribution in [3.8, 4) is 0 Å². The predicted octanol–water partition coefficient (Wildman–Crippen LogP) is 15.2. The van der Waals surface area contributed by atoms with Crippen molar-refractivity contribution in [1.82, 2.24) is 4.90 Å². The first kappa shape index (κ1) is 44.6. The number of unbranched alkanes of at least 4 members (excludes halogenated alkanes) is 30. The Labute approximate surface area is 275 Å². The first-order chi connectivity index (χ1) is 21.1. The molecule has 0 saturated heterocycles. The van der Waals surface area contributed by atoms with Crippen LogP contribution in [0.3, 0.4) is 0 Å². The summed E-state index contributed by atoms with van der Waals surface area (Å²) in [6.07, 6.45) is 56.9. The lowest BCUT2D eigenvalue weighted by Crippen LogP contribution is -1.99. The van der Waals surface area contributed by atoms with Gasteiger partial charge in [-0.05, 0) is 72.5 Å². The minimum absolute atomic E-state index is 1.31. The van der Waals surface area contributed by atoms with E-state index in [2.05, 4.69) is 38.2 Å². The number of rotatable bonds is 34. The van der Waals surface area contributed by atoms with Crippen molar-refractivity contribution in [2.24, 2.45) is 0 Å². The van der Waals surface area contributed by atoms with Crippen LogP contribution < -0.4 is 0 Å². The maximum atomic E-state index is 2.45. The van der Waals surface area contributed by atoms with Gasteiger partial charge in [-0.2, -0.15) is 0 Å². The number of allylic oxidation sites excluding steroid dienone is 4. The molecule has 0 amide bonds. The summed E-state index contributed by atoms with van der Waals surface area (Å²) in [7, 11) is 6.00. The molecule has 0 atom stereocenters. The molecule has 0 spiro atoms. The van der Waals surface area contributed by atoms with Crippen molar-refractivity contribution < 1.29 is 0 Å². The first-order valence-corrected chi connectivity index (χ1v) is 20.1. The van der Waals surface area contributed by atoms with Crippen molar-refractivity contribution in [2.75, 3.05) is 21.1 Å². The zero-order valence-corrected chi connectivity index (χ0v) is 31.1. The Hall–Kier alpha value is -0.560. The van der Waals surface area contributed by atoms with Crippen molar-refractivity contribution in [2.45, 2.75) is 226 Å². The van der Waals surface area contributed by atoms with E-state index in [-0.39, 0.29) is 0 Å². The summed E-state index contributed by atoms with van der Waals surface area (Å²) in [4.78, 5) is 2.00. The molecular formula is C42H85N. The van der Waals surface area contributed by atoms with Gasteiger partial charge in [0.2, 0.25) is 0 Å². The fourth-order valence-electron chi connectivity index (χ4n) is 5.73. The van der Waals surface area contributed by atoms with E-state index in [9.17, 15) is 0 Å². The number of nitrogens with zero attached hydrogens (tertiary/aromatic N) is 1. The maximum absolute atomic E-state index is 2.45. The molecule has 0 fully saturated rings. The minimum atomic E-state index is 1.31. The molecule has 0 aromatic carbocycles. The lowest BCUT2D eigenvalue weighted by molar-refractivity contribution is 0.505. The molecule has 0 bridgehead atoms. The van der Waals surface area contributed by atoms with Crippen molar-refractivity contribution in [1.29, 1.82) is 0 Å². The van der Waals surface area contributed by atoms with Crippen LogP contribution in [-0.2, 0) is 0 Å². The molecule has 0 aromatic heterocycles. The Morgan fingerprint density at radius 1 is 0.256 bits per heavy atom. The highest BCUT2D eigenvalue weighted by Gasteiger charge is 1.95. The largest absolute Gasteiger partial charge is 0.312 e. The van der Waals surface area contributed by atoms with Crippen LogP contribution in [0.15, 0.2) is 24.3 Å². The summed E-state index contributed by atoms with van der Waals surface area (Å²) >= 11 is 0. The zero-order chi connectivity index (χ0) is 31.7. The van der Waals surface area contributed by atoms with E-state index in [1.807, 2.05) is 26.0 Å². The Morgan fingerprint density at radius 3 is 0.558 bits per heavy atom. The Balaban J connectivity index is 0. The van der Waals surface area contributed by atoms with E-state index in [4.69, 9.17) is 0 Å². The molecule has 43 heavy (non-hydrogen) atoms. The van der Waals surface area contributed by atoms with E-state index < -0.39 is 0 Å². The summed E-state index contributed by atoms with van der Waals surface area (Å²) in [5.41, 5.74) is 0. The summed E-state index contributed by atoms with van der Waals surface area (Å²) in [6.45, 7) is 4.59. The first-order valence-electron chi connectivity index (χ1n) is 20.1. The van der Waals surface area contributed by atoms with Gasteiger partial charge < -0.3 is 4.90 Å². The summed E-state index contributed by atoms with van der Waals surface area (Å²) in [5, 5.41) is 0. The van der Waals surface area contributed by atoms with Gasteiger partial charge in [-0.15, -0.1) is 0 Å². The summed E-state index contributed by atoms with van der Waals surface area (Å²) < 4.78 is 0. The topological polar surface area (TPSA) is 3.24 Å². The van der Waals surface area contributed by atoms with Gasteiger partial charge in [0.1, 0.15) is 0 Å². The van der Waals surface area contributed by atoms with Crippen LogP contribution in [0.5, 0.6) is 0 Å². The molecule has 0 aliphatic heterocycles. The average molecular weight is 604 g/mol. The quantitative estimate of drug-likeness (QED) is 0.0522. The van der Waals surface area contributed by atoms with Gasteiger partial charge in [-0.3, -0.25) is 0 Å². The third-order valence-electron chi connectivity index (χ3n) is 8.52. The van der Waals surface area contributed by atoms with Crippen LogP contribution >= 0.6 is 0 Å². The van der Waals surface area contributed by atoms with Crippen molar-refractivity contribution >= 4 is 0 Å². The number of hydrogen-bond acceptors (Lipinski definition) is 1. The minimum Gasteiger partial charge on any atom is -0.312 e. The molecule has 1 heteroatoms. The second-order valence-electron chi connectivity index (χ2n) is 14.0. The van der Waals surface area contributed by atoms with E-state index in [1.165, 1.54) is 212 Å². The lowest BCUT2D eigenvalue weighted by atomic mass is 10.0. The van der Waals surface area contributed by atoms with E-state index in [0.29, 0.717) is 0 Å². The molecule has 0 aliphatic rings. The van der Waals surface area contributed by atoms with Gasteiger partial charge in [0, 0.05) is 0 Å². The highest BCUT2D eigenvalue weighted by molar-refractivity contribution is 4.82. The third kappa shape index (κ3) is 51.3. The molecule has 0 radical (unpaired) electrons. The standard InChI is InChI=1S/C39H76.C3H9N/c1-3-5-7-9-11-13-15-17-19-21-23-25-27-29-31-33-35-37-39-38-36-34-32-30-28-26-24-22-20-18-16-14-12-10-8-6-4-2;1-4(2)3/h17-20H,3-16,21-39H2,1-2H3;1-3H3/b19-17-,20-18-;. The highest BCUT2D eigenvalue weighted by atomic mass is 15.0. The second kappa shape index (κ2) is 43.6.